The van der Waals surface area contributed by atoms with Crippen molar-refractivity contribution in [1.29, 1.82) is 0 Å². The molecule has 0 N–H and O–H groups in total. The fourth-order valence-corrected chi connectivity index (χ4v) is 1.91. The first-order chi connectivity index (χ1) is 4.92. The van der Waals surface area contributed by atoms with Crippen LogP contribution < -0.4 is 0 Å². The largest absolute Gasteiger partial charge is 0.336 e. The van der Waals surface area contributed by atoms with Gasteiger partial charge in [0.25, 0.3) is 0 Å². The quantitative estimate of drug-likeness (QED) is 0.522. The third-order valence-electron chi connectivity index (χ3n) is 1.50. The minimum Gasteiger partial charge on any atom is -0.336 e. The molecule has 1 aliphatic rings. The van der Waals surface area contributed by atoms with E-state index < -0.39 is 0 Å². The molecule has 0 spiro atoms. The molecule has 0 unspecified atom stereocenters. The molecular weight excluding hydrogens is 146 g/mol. The van der Waals surface area contributed by atoms with E-state index in [-0.39, 0.29) is 0 Å². The van der Waals surface area contributed by atoms with Crippen LogP contribution in [0.25, 0.3) is 4.91 Å². The highest BCUT2D eigenvalue weighted by Gasteiger charge is 2.15. The van der Waals surface area contributed by atoms with Crippen molar-refractivity contribution in [2.24, 2.45) is 0 Å². The van der Waals surface area contributed by atoms with Gasteiger partial charge in [0.15, 0.2) is 0 Å². The van der Waals surface area contributed by atoms with Crippen LogP contribution in [0.1, 0.15) is 5.69 Å². The van der Waals surface area contributed by atoms with Crippen molar-refractivity contribution in [3.8, 4) is 0 Å². The number of fused-ring (bicyclic) bond motifs is 1. The van der Waals surface area contributed by atoms with Gasteiger partial charge < -0.3 is 4.57 Å². The summed E-state index contributed by atoms with van der Waals surface area (Å²) in [6, 6.07) is 3.87. The maximum absolute atomic E-state index is 10.3. The second kappa shape index (κ2) is 2.04. The number of nitrogens with zero attached hydrogens (tertiary/aromatic N) is 1. The molecule has 10 heavy (non-hydrogen) atoms. The molecule has 0 radical (unpaired) electrons. The Kier molecular flexibility index (Phi) is 1.19. The molecule has 1 aliphatic heterocycles. The zero-order valence-electron chi connectivity index (χ0n) is 5.20. The van der Waals surface area contributed by atoms with Gasteiger partial charge in [-0.25, -0.2) is 4.79 Å². The minimum atomic E-state index is 0.727. The SMILES string of the molecule is O=C=C1SCn2cccc21. The van der Waals surface area contributed by atoms with Gasteiger partial charge in [-0.05, 0) is 12.1 Å². The van der Waals surface area contributed by atoms with E-state index in [1.54, 1.807) is 0 Å². The van der Waals surface area contributed by atoms with Crippen LogP contribution in [-0.2, 0) is 10.7 Å². The molecule has 0 bridgehead atoms. The standard InChI is InChI=1S/C7H5NOS/c9-4-7-6-2-1-3-8(6)5-10-7/h1-3H,5H2. The Morgan fingerprint density at radius 3 is 3.40 bits per heavy atom. The first kappa shape index (κ1) is 5.83. The summed E-state index contributed by atoms with van der Waals surface area (Å²) in [6.07, 6.45) is 1.96. The van der Waals surface area contributed by atoms with Crippen molar-refractivity contribution in [3.05, 3.63) is 24.0 Å². The summed E-state index contributed by atoms with van der Waals surface area (Å²) >= 11 is 1.53. The van der Waals surface area contributed by atoms with E-state index in [2.05, 4.69) is 0 Å². The normalized spacial score (nSPS) is 15.0. The molecule has 50 valence electrons. The number of carbonyl (C=O) groups excluding carboxylic acids is 1. The molecular formula is C7H5NOS. The topological polar surface area (TPSA) is 22.0 Å². The summed E-state index contributed by atoms with van der Waals surface area (Å²) in [4.78, 5) is 11.0. The van der Waals surface area contributed by atoms with Gasteiger partial charge >= 0.3 is 0 Å². The third kappa shape index (κ3) is 0.649. The Morgan fingerprint density at radius 1 is 1.70 bits per heavy atom. The van der Waals surface area contributed by atoms with Crippen LogP contribution in [0.3, 0.4) is 0 Å². The lowest BCUT2D eigenvalue weighted by atomic mass is 10.4. The molecule has 2 nitrogen and oxygen atoms in total. The van der Waals surface area contributed by atoms with Gasteiger partial charge in [-0.15, -0.1) is 0 Å². The average Bonchev–Trinajstić information content (AvgIpc) is 2.44. The molecule has 0 aliphatic carbocycles. The van der Waals surface area contributed by atoms with Gasteiger partial charge in [-0.1, -0.05) is 11.8 Å². The fraction of sp³-hybridized carbons (Fsp3) is 0.143. The number of rotatable bonds is 0. The predicted molar refractivity (Wildman–Crippen MR) is 41.1 cm³/mol. The predicted octanol–water partition coefficient (Wildman–Crippen LogP) is 1.36. The Hall–Kier alpha value is -0.920. The van der Waals surface area contributed by atoms with E-state index in [0.717, 1.165) is 16.5 Å². The van der Waals surface area contributed by atoms with Crippen molar-refractivity contribution in [2.45, 2.75) is 5.88 Å². The maximum atomic E-state index is 10.3. The van der Waals surface area contributed by atoms with Crippen molar-refractivity contribution < 1.29 is 4.79 Å². The van der Waals surface area contributed by atoms with Crippen molar-refractivity contribution in [2.75, 3.05) is 0 Å². The van der Waals surface area contributed by atoms with Gasteiger partial charge in [0, 0.05) is 6.20 Å². The summed E-state index contributed by atoms with van der Waals surface area (Å²) in [6.45, 7) is 0. The first-order valence-corrected chi connectivity index (χ1v) is 3.94. The second-order valence-electron chi connectivity index (χ2n) is 2.07. The smallest absolute Gasteiger partial charge is 0.141 e. The number of aromatic nitrogens is 1. The molecule has 1 aromatic heterocycles. The molecule has 0 fully saturated rings. The first-order valence-electron chi connectivity index (χ1n) is 2.95. The lowest BCUT2D eigenvalue weighted by Crippen LogP contribution is -1.85. The summed E-state index contributed by atoms with van der Waals surface area (Å²) in [5, 5.41) is 0. The second-order valence-corrected chi connectivity index (χ2v) is 3.02. The molecule has 0 amide bonds. The van der Waals surface area contributed by atoms with Crippen LogP contribution in [0.2, 0.25) is 0 Å². The average molecular weight is 151 g/mol. The van der Waals surface area contributed by atoms with E-state index in [1.807, 2.05) is 28.8 Å². The zero-order valence-corrected chi connectivity index (χ0v) is 6.02. The van der Waals surface area contributed by atoms with Gasteiger partial charge in [0.1, 0.15) is 10.8 Å². The Bertz CT molecular complexity index is 309. The number of thioether (sulfide) groups is 1. The van der Waals surface area contributed by atoms with Crippen LogP contribution in [0.4, 0.5) is 0 Å². The molecule has 3 heteroatoms. The van der Waals surface area contributed by atoms with Gasteiger partial charge in [0.05, 0.1) is 11.6 Å². The molecule has 0 aromatic carbocycles. The molecule has 0 saturated carbocycles. The Labute approximate surface area is 62.5 Å². The Balaban J connectivity index is 2.63. The molecule has 2 rings (SSSR count). The minimum absolute atomic E-state index is 0.727. The van der Waals surface area contributed by atoms with Crippen molar-refractivity contribution in [3.63, 3.8) is 0 Å². The van der Waals surface area contributed by atoms with Crippen LogP contribution in [0, 0.1) is 0 Å². The molecule has 0 atom stereocenters. The summed E-state index contributed by atoms with van der Waals surface area (Å²) in [5.41, 5.74) is 1.00. The van der Waals surface area contributed by atoms with Crippen molar-refractivity contribution in [1.82, 2.24) is 4.57 Å². The Morgan fingerprint density at radius 2 is 2.60 bits per heavy atom. The number of hydrogen-bond acceptors (Lipinski definition) is 2. The number of hydrogen-bond donors (Lipinski definition) is 0. The highest BCUT2D eigenvalue weighted by atomic mass is 32.2. The molecule has 2 heterocycles. The van der Waals surface area contributed by atoms with E-state index in [1.165, 1.54) is 11.8 Å². The van der Waals surface area contributed by atoms with Crippen molar-refractivity contribution >= 4 is 22.6 Å². The maximum Gasteiger partial charge on any atom is 0.141 e. The zero-order chi connectivity index (χ0) is 6.97. The van der Waals surface area contributed by atoms with E-state index in [9.17, 15) is 4.79 Å². The van der Waals surface area contributed by atoms with Crippen LogP contribution in [0.5, 0.6) is 0 Å². The highest BCUT2D eigenvalue weighted by Crippen LogP contribution is 2.33. The van der Waals surface area contributed by atoms with Crippen LogP contribution in [-0.4, -0.2) is 10.5 Å². The van der Waals surface area contributed by atoms with Crippen LogP contribution >= 0.6 is 11.8 Å². The van der Waals surface area contributed by atoms with Gasteiger partial charge in [-0.2, -0.15) is 0 Å². The fourth-order valence-electron chi connectivity index (χ4n) is 1.02. The molecule has 0 saturated heterocycles. The van der Waals surface area contributed by atoms with Gasteiger partial charge in [0.2, 0.25) is 0 Å². The summed E-state index contributed by atoms with van der Waals surface area (Å²) in [5.74, 6) is 2.77. The highest BCUT2D eigenvalue weighted by molar-refractivity contribution is 8.08. The van der Waals surface area contributed by atoms with Gasteiger partial charge in [-0.3, -0.25) is 0 Å². The summed E-state index contributed by atoms with van der Waals surface area (Å²) in [7, 11) is 0. The third-order valence-corrected chi connectivity index (χ3v) is 2.49. The molecule has 1 aromatic rings. The summed E-state index contributed by atoms with van der Waals surface area (Å²) < 4.78 is 2.03. The monoisotopic (exact) mass is 151 g/mol. The van der Waals surface area contributed by atoms with Crippen LogP contribution in [0.15, 0.2) is 18.3 Å². The lowest BCUT2D eigenvalue weighted by Gasteiger charge is -1.88. The lowest BCUT2D eigenvalue weighted by molar-refractivity contribution is 0.570. The van der Waals surface area contributed by atoms with E-state index in [0.29, 0.717) is 0 Å². The van der Waals surface area contributed by atoms with E-state index >= 15 is 0 Å². The van der Waals surface area contributed by atoms with E-state index in [4.69, 9.17) is 0 Å².